The summed E-state index contributed by atoms with van der Waals surface area (Å²) in [7, 11) is -1.95. The van der Waals surface area contributed by atoms with E-state index in [2.05, 4.69) is 36.7 Å². The Balaban J connectivity index is 1.59. The number of rotatable bonds is 6. The molecule has 204 valence electrons. The molecule has 0 spiro atoms. The van der Waals surface area contributed by atoms with E-state index in [4.69, 9.17) is 13.8 Å². The average molecular weight is 539 g/mol. The van der Waals surface area contributed by atoms with Crippen molar-refractivity contribution in [2.75, 3.05) is 20.3 Å². The molecular formula is C31H39O6P. The molecule has 3 saturated carbocycles. The molecule has 0 radical (unpaired) electrons. The summed E-state index contributed by atoms with van der Waals surface area (Å²) in [5, 5.41) is 12.1. The SMILES string of the molecule is CCOP(=O)(C#C[C@]1(O)CC[C@H]2[C@@H]3CC=C4CC(=O)CCC4=C3[C@@H](c3ccc(OC)cc3)C[C@@]21C)OCC. The smallest absolute Gasteiger partial charge is 0.405 e. The van der Waals surface area contributed by atoms with Gasteiger partial charge in [-0.1, -0.05) is 36.6 Å². The molecule has 3 fully saturated rings. The van der Waals surface area contributed by atoms with Crippen LogP contribution in [0.25, 0.3) is 0 Å². The fourth-order valence-corrected chi connectivity index (χ4v) is 8.75. The van der Waals surface area contributed by atoms with Crippen molar-refractivity contribution >= 4 is 13.4 Å². The van der Waals surface area contributed by atoms with Gasteiger partial charge in [0.2, 0.25) is 0 Å². The van der Waals surface area contributed by atoms with Gasteiger partial charge in [0.15, 0.2) is 0 Å². The minimum atomic E-state index is -3.61. The quantitative estimate of drug-likeness (QED) is 0.327. The van der Waals surface area contributed by atoms with Crippen molar-refractivity contribution in [1.82, 2.24) is 0 Å². The van der Waals surface area contributed by atoms with Crippen LogP contribution in [0.5, 0.6) is 5.75 Å². The number of carbonyl (C=O) groups excluding carboxylic acids is 1. The van der Waals surface area contributed by atoms with Crippen molar-refractivity contribution < 1.29 is 28.3 Å². The Kier molecular flexibility index (Phi) is 7.52. The molecular weight excluding hydrogens is 499 g/mol. The molecule has 1 aromatic carbocycles. The van der Waals surface area contributed by atoms with E-state index in [-0.39, 0.29) is 31.0 Å². The summed E-state index contributed by atoms with van der Waals surface area (Å²) in [6.07, 6.45) is 7.15. The molecule has 4 aliphatic rings. The fourth-order valence-electron chi connectivity index (χ4n) is 7.54. The minimum Gasteiger partial charge on any atom is -0.497 e. The highest BCUT2D eigenvalue weighted by molar-refractivity contribution is 7.59. The van der Waals surface area contributed by atoms with Crippen LogP contribution < -0.4 is 4.74 Å². The maximum absolute atomic E-state index is 13.2. The van der Waals surface area contributed by atoms with Gasteiger partial charge in [-0.25, -0.2) is 4.57 Å². The highest BCUT2D eigenvalue weighted by atomic mass is 31.2. The number of allylic oxidation sites excluding steroid dienone is 4. The van der Waals surface area contributed by atoms with E-state index >= 15 is 0 Å². The zero-order chi connectivity index (χ0) is 27.1. The molecule has 0 heterocycles. The second kappa shape index (κ2) is 10.4. The molecule has 1 aromatic rings. The molecule has 0 unspecified atom stereocenters. The first-order valence-corrected chi connectivity index (χ1v) is 15.4. The number of methoxy groups -OCH3 is 1. The second-order valence-corrected chi connectivity index (χ2v) is 13.0. The van der Waals surface area contributed by atoms with Gasteiger partial charge in [-0.15, -0.1) is 0 Å². The Bertz CT molecular complexity index is 1260. The van der Waals surface area contributed by atoms with Crippen molar-refractivity contribution in [3.63, 3.8) is 0 Å². The molecule has 5 rings (SSSR count). The fraction of sp³-hybridized carbons (Fsp3) is 0.581. The molecule has 0 bridgehead atoms. The van der Waals surface area contributed by atoms with Gasteiger partial charge in [0.1, 0.15) is 17.1 Å². The van der Waals surface area contributed by atoms with Crippen molar-refractivity contribution in [3.8, 4) is 17.3 Å². The topological polar surface area (TPSA) is 82.1 Å². The van der Waals surface area contributed by atoms with E-state index in [9.17, 15) is 14.5 Å². The van der Waals surface area contributed by atoms with Gasteiger partial charge in [0.25, 0.3) is 0 Å². The predicted octanol–water partition coefficient (Wildman–Crippen LogP) is 6.55. The van der Waals surface area contributed by atoms with Gasteiger partial charge in [-0.05, 0) is 86.6 Å². The lowest BCUT2D eigenvalue weighted by Gasteiger charge is -2.53. The molecule has 0 saturated heterocycles. The van der Waals surface area contributed by atoms with E-state index in [1.54, 1.807) is 21.0 Å². The summed E-state index contributed by atoms with van der Waals surface area (Å²) < 4.78 is 29.4. The largest absolute Gasteiger partial charge is 0.497 e. The third-order valence-corrected chi connectivity index (χ3v) is 11.0. The van der Waals surface area contributed by atoms with Crippen LogP contribution in [0.3, 0.4) is 0 Å². The van der Waals surface area contributed by atoms with Crippen molar-refractivity contribution in [1.29, 1.82) is 0 Å². The molecule has 6 nitrogen and oxygen atoms in total. The van der Waals surface area contributed by atoms with Crippen LogP contribution in [-0.2, 0) is 18.4 Å². The normalized spacial score (nSPS) is 32.5. The monoisotopic (exact) mass is 538 g/mol. The first-order valence-electron chi connectivity index (χ1n) is 13.9. The Morgan fingerprint density at radius 2 is 1.84 bits per heavy atom. The maximum Gasteiger partial charge on any atom is 0.405 e. The number of Topliss-reactive ketones (excluding diaryl/α,β-unsaturated/α-hetero) is 1. The lowest BCUT2D eigenvalue weighted by Crippen LogP contribution is -2.50. The number of carbonyl (C=O) groups is 1. The Morgan fingerprint density at radius 3 is 2.50 bits per heavy atom. The Labute approximate surface area is 226 Å². The first-order chi connectivity index (χ1) is 18.2. The molecule has 0 aromatic heterocycles. The Morgan fingerprint density at radius 1 is 1.13 bits per heavy atom. The summed E-state index contributed by atoms with van der Waals surface area (Å²) in [4.78, 5) is 12.3. The molecule has 38 heavy (non-hydrogen) atoms. The van der Waals surface area contributed by atoms with Crippen LogP contribution in [0, 0.1) is 28.8 Å². The lowest BCUT2D eigenvalue weighted by molar-refractivity contribution is -0.118. The maximum atomic E-state index is 13.2. The number of ketones is 1. The van der Waals surface area contributed by atoms with E-state index in [1.807, 2.05) is 12.1 Å². The molecule has 1 N–H and O–H groups in total. The van der Waals surface area contributed by atoms with Crippen LogP contribution in [0.2, 0.25) is 0 Å². The molecule has 0 amide bonds. The predicted molar refractivity (Wildman–Crippen MR) is 147 cm³/mol. The van der Waals surface area contributed by atoms with Gasteiger partial charge < -0.3 is 9.84 Å². The van der Waals surface area contributed by atoms with Crippen LogP contribution in [0.4, 0.5) is 0 Å². The summed E-state index contributed by atoms with van der Waals surface area (Å²) in [5.41, 5.74) is 6.15. The molecule has 4 aliphatic carbocycles. The zero-order valence-electron chi connectivity index (χ0n) is 22.9. The lowest BCUT2D eigenvalue weighted by atomic mass is 9.51. The van der Waals surface area contributed by atoms with Gasteiger partial charge in [0.05, 0.1) is 20.3 Å². The molecule has 0 aliphatic heterocycles. The van der Waals surface area contributed by atoms with E-state index in [1.165, 1.54) is 22.3 Å². The highest BCUT2D eigenvalue weighted by Crippen LogP contribution is 2.66. The van der Waals surface area contributed by atoms with Gasteiger partial charge in [-0.2, -0.15) is 0 Å². The Hall–Kier alpha value is -2.16. The molecule has 5 atom stereocenters. The second-order valence-electron chi connectivity index (χ2n) is 11.2. The van der Waals surface area contributed by atoms with Crippen LogP contribution in [0.15, 0.2) is 47.1 Å². The number of ether oxygens (including phenoxy) is 1. The number of benzene rings is 1. The van der Waals surface area contributed by atoms with Crippen LogP contribution in [0.1, 0.15) is 77.2 Å². The van der Waals surface area contributed by atoms with Crippen LogP contribution in [-0.4, -0.2) is 36.8 Å². The summed E-state index contributed by atoms with van der Waals surface area (Å²) in [5.74, 6) is 4.77. The van der Waals surface area contributed by atoms with Crippen molar-refractivity contribution in [2.24, 2.45) is 17.3 Å². The third-order valence-electron chi connectivity index (χ3n) is 9.38. The summed E-state index contributed by atoms with van der Waals surface area (Å²) in [6.45, 7) is 6.12. The van der Waals surface area contributed by atoms with E-state index in [0.717, 1.165) is 31.4 Å². The van der Waals surface area contributed by atoms with Crippen molar-refractivity contribution in [3.05, 3.63) is 52.6 Å². The highest BCUT2D eigenvalue weighted by Gasteiger charge is 2.62. The van der Waals surface area contributed by atoms with Gasteiger partial charge >= 0.3 is 7.60 Å². The number of hydrogen-bond donors (Lipinski definition) is 1. The summed E-state index contributed by atoms with van der Waals surface area (Å²) >= 11 is 0. The van der Waals surface area contributed by atoms with E-state index < -0.39 is 18.6 Å². The minimum absolute atomic E-state index is 0.0936. The average Bonchev–Trinajstić information content (AvgIpc) is 3.17. The first kappa shape index (κ1) is 27.4. The molecule has 7 heteroatoms. The van der Waals surface area contributed by atoms with Crippen molar-refractivity contribution in [2.45, 2.75) is 77.2 Å². The number of hydrogen-bond acceptors (Lipinski definition) is 6. The zero-order valence-corrected chi connectivity index (χ0v) is 23.8. The van der Waals surface area contributed by atoms with Crippen LogP contribution >= 0.6 is 7.60 Å². The third kappa shape index (κ3) is 4.62. The number of aliphatic hydroxyl groups is 1. The van der Waals surface area contributed by atoms with Gasteiger partial charge in [0, 0.05) is 29.8 Å². The van der Waals surface area contributed by atoms with Gasteiger partial charge in [-0.3, -0.25) is 13.8 Å². The van der Waals surface area contributed by atoms with E-state index in [0.29, 0.717) is 25.0 Å². The standard InChI is InChI=1S/C31H39O6P/c1-5-36-38(34,37-6-2)18-17-31(33)16-15-28-26-13-9-22-19-23(32)10-14-25(22)29(26)27(20-30(28,31)3)21-7-11-24(35-4)12-8-21/h7-9,11-12,26-28,33H,5-6,10,13-16,19-20H2,1-4H3/t26-,27+,28-,30-,31+/m0/s1. The summed E-state index contributed by atoms with van der Waals surface area (Å²) in [6, 6.07) is 8.24. The number of fused-ring (bicyclic) bond motifs is 4.